The molecule has 0 aliphatic rings. The van der Waals surface area contributed by atoms with Gasteiger partial charge in [0.25, 0.3) is 0 Å². The van der Waals surface area contributed by atoms with E-state index in [0.29, 0.717) is 17.7 Å². The Morgan fingerprint density at radius 3 is 2.09 bits per heavy atom. The molecule has 0 aliphatic heterocycles. The molecule has 0 spiro atoms. The molecule has 1 heterocycles. The Morgan fingerprint density at radius 2 is 1.35 bits per heavy atom. The molecular weight excluding hydrogens is 418 g/mol. The van der Waals surface area contributed by atoms with Crippen molar-refractivity contribution in [3.63, 3.8) is 0 Å². The Kier molecular flexibility index (Phi) is 6.23. The van der Waals surface area contributed by atoms with Crippen molar-refractivity contribution in [1.29, 1.82) is 0 Å². The minimum Gasteiger partial charge on any atom is -0.422 e. The van der Waals surface area contributed by atoms with Crippen LogP contribution in [0, 0.1) is 11.8 Å². The van der Waals surface area contributed by atoms with Crippen molar-refractivity contribution in [2.45, 2.75) is 12.5 Å². The van der Waals surface area contributed by atoms with Gasteiger partial charge in [0.2, 0.25) is 0 Å². The number of benzene rings is 4. The smallest absolute Gasteiger partial charge is 0.343 e. The van der Waals surface area contributed by atoms with E-state index in [4.69, 9.17) is 4.42 Å². The maximum atomic E-state index is 13.4. The van der Waals surface area contributed by atoms with Gasteiger partial charge in [-0.3, -0.25) is 0 Å². The summed E-state index contributed by atoms with van der Waals surface area (Å²) >= 11 is 0. The van der Waals surface area contributed by atoms with E-state index in [1.807, 2.05) is 103 Å². The average Bonchev–Trinajstić information content (AvgIpc) is 2.90. The third-order valence-electron chi connectivity index (χ3n) is 5.72. The van der Waals surface area contributed by atoms with Crippen molar-refractivity contribution in [2.24, 2.45) is 0 Å². The molecule has 0 saturated heterocycles. The van der Waals surface area contributed by atoms with Gasteiger partial charge in [0.05, 0.1) is 17.2 Å². The van der Waals surface area contributed by atoms with Crippen molar-refractivity contribution in [2.75, 3.05) is 5.32 Å². The molecule has 0 aliphatic carbocycles. The van der Waals surface area contributed by atoms with Crippen LogP contribution in [0.15, 0.2) is 124 Å². The molecule has 0 fully saturated rings. The highest BCUT2D eigenvalue weighted by atomic mass is 16.4. The predicted octanol–water partition coefficient (Wildman–Crippen LogP) is 6.59. The normalized spacial score (nSPS) is 11.4. The summed E-state index contributed by atoms with van der Waals surface area (Å²) in [5.74, 6) is 6.16. The van der Waals surface area contributed by atoms with Crippen LogP contribution in [-0.2, 0) is 6.54 Å². The minimum atomic E-state index is -0.458. The molecule has 0 saturated carbocycles. The number of nitrogens with one attached hydrogen (secondary N) is 1. The Labute approximate surface area is 198 Å². The van der Waals surface area contributed by atoms with Crippen LogP contribution in [-0.4, -0.2) is 0 Å². The van der Waals surface area contributed by atoms with E-state index in [0.717, 1.165) is 27.8 Å². The highest BCUT2D eigenvalue weighted by Crippen LogP contribution is 2.33. The lowest BCUT2D eigenvalue weighted by Crippen LogP contribution is -2.17. The monoisotopic (exact) mass is 441 g/mol. The number of para-hydroxylation sites is 1. The van der Waals surface area contributed by atoms with Crippen molar-refractivity contribution in [3.05, 3.63) is 148 Å². The standard InChI is InChI=1S/C31H23NO2/c33-31-29(26(25-16-8-3-9-17-25)21-20-23-12-4-1-5-13-23)30(27-18-10-11-19-28(27)34-31)32-22-24-14-6-2-7-15-24/h1-19,26,32H,22H2. The maximum Gasteiger partial charge on any atom is 0.343 e. The number of rotatable bonds is 5. The number of fused-ring (bicyclic) bond motifs is 1. The van der Waals surface area contributed by atoms with E-state index in [9.17, 15) is 4.79 Å². The molecule has 4 aromatic carbocycles. The van der Waals surface area contributed by atoms with E-state index >= 15 is 0 Å². The number of hydrogen-bond acceptors (Lipinski definition) is 3. The van der Waals surface area contributed by atoms with Crippen molar-refractivity contribution in [3.8, 4) is 11.8 Å². The summed E-state index contributed by atoms with van der Waals surface area (Å²) in [7, 11) is 0. The van der Waals surface area contributed by atoms with Crippen molar-refractivity contribution >= 4 is 16.7 Å². The third kappa shape index (κ3) is 4.62. The summed E-state index contributed by atoms with van der Waals surface area (Å²) in [4.78, 5) is 13.4. The van der Waals surface area contributed by atoms with Crippen LogP contribution in [0.25, 0.3) is 11.0 Å². The molecule has 0 bridgehead atoms. The third-order valence-corrected chi connectivity index (χ3v) is 5.72. The zero-order chi connectivity index (χ0) is 23.2. The van der Waals surface area contributed by atoms with Crippen LogP contribution in [0.1, 0.15) is 28.2 Å². The first-order valence-electron chi connectivity index (χ1n) is 11.2. The summed E-state index contributed by atoms with van der Waals surface area (Å²) in [6, 6.07) is 37.4. The van der Waals surface area contributed by atoms with Crippen LogP contribution < -0.4 is 10.9 Å². The topological polar surface area (TPSA) is 42.2 Å². The van der Waals surface area contributed by atoms with Gasteiger partial charge in [0.15, 0.2) is 0 Å². The maximum absolute atomic E-state index is 13.4. The Morgan fingerprint density at radius 1 is 0.735 bits per heavy atom. The predicted molar refractivity (Wildman–Crippen MR) is 138 cm³/mol. The average molecular weight is 442 g/mol. The molecule has 5 rings (SSSR count). The molecule has 164 valence electrons. The summed E-state index contributed by atoms with van der Waals surface area (Å²) in [5.41, 5.74) is 4.40. The highest BCUT2D eigenvalue weighted by molar-refractivity contribution is 5.92. The van der Waals surface area contributed by atoms with Gasteiger partial charge in [-0.25, -0.2) is 4.79 Å². The Bertz CT molecular complexity index is 1510. The lowest BCUT2D eigenvalue weighted by Gasteiger charge is -2.18. The van der Waals surface area contributed by atoms with E-state index in [1.54, 1.807) is 0 Å². The molecule has 1 N–H and O–H groups in total. The molecule has 3 heteroatoms. The zero-order valence-corrected chi connectivity index (χ0v) is 18.6. The fraction of sp³-hybridized carbons (Fsp3) is 0.0645. The Balaban J connectivity index is 1.69. The summed E-state index contributed by atoms with van der Waals surface area (Å²) < 4.78 is 5.78. The van der Waals surface area contributed by atoms with Gasteiger partial charge in [0, 0.05) is 17.5 Å². The molecule has 34 heavy (non-hydrogen) atoms. The highest BCUT2D eigenvalue weighted by Gasteiger charge is 2.23. The van der Waals surface area contributed by atoms with Gasteiger partial charge in [-0.1, -0.05) is 103 Å². The summed E-state index contributed by atoms with van der Waals surface area (Å²) in [6.07, 6.45) is 0. The van der Waals surface area contributed by atoms with Crippen LogP contribution in [0.3, 0.4) is 0 Å². The van der Waals surface area contributed by atoms with E-state index in [1.165, 1.54) is 0 Å². The SMILES string of the molecule is O=c1oc2ccccc2c(NCc2ccccc2)c1C(C#Cc1ccccc1)c1ccccc1. The van der Waals surface area contributed by atoms with Crippen molar-refractivity contribution in [1.82, 2.24) is 0 Å². The van der Waals surface area contributed by atoms with Crippen LogP contribution in [0.5, 0.6) is 0 Å². The molecule has 1 atom stereocenters. The van der Waals surface area contributed by atoms with Crippen molar-refractivity contribution < 1.29 is 4.42 Å². The molecule has 1 unspecified atom stereocenters. The summed E-state index contributed by atoms with van der Waals surface area (Å²) in [6.45, 7) is 0.578. The van der Waals surface area contributed by atoms with Crippen LogP contribution in [0.4, 0.5) is 5.69 Å². The zero-order valence-electron chi connectivity index (χ0n) is 18.6. The van der Waals surface area contributed by atoms with Gasteiger partial charge in [-0.2, -0.15) is 0 Å². The second-order valence-corrected chi connectivity index (χ2v) is 7.99. The van der Waals surface area contributed by atoms with E-state index in [2.05, 4.69) is 29.3 Å². The van der Waals surface area contributed by atoms with Gasteiger partial charge in [-0.05, 0) is 35.4 Å². The van der Waals surface area contributed by atoms with Gasteiger partial charge in [0.1, 0.15) is 5.58 Å². The number of hydrogen-bond donors (Lipinski definition) is 1. The Hall–Kier alpha value is -4.55. The van der Waals surface area contributed by atoms with Crippen LogP contribution in [0.2, 0.25) is 0 Å². The van der Waals surface area contributed by atoms with E-state index < -0.39 is 5.92 Å². The molecule has 1 aromatic heterocycles. The second-order valence-electron chi connectivity index (χ2n) is 7.99. The lowest BCUT2D eigenvalue weighted by molar-refractivity contribution is 0.551. The largest absolute Gasteiger partial charge is 0.422 e. The van der Waals surface area contributed by atoms with Gasteiger partial charge < -0.3 is 9.73 Å². The van der Waals surface area contributed by atoms with Gasteiger partial charge in [-0.15, -0.1) is 0 Å². The lowest BCUT2D eigenvalue weighted by atomic mass is 9.90. The minimum absolute atomic E-state index is 0.384. The fourth-order valence-electron chi connectivity index (χ4n) is 4.05. The first-order chi connectivity index (χ1) is 16.8. The summed E-state index contributed by atoms with van der Waals surface area (Å²) in [5, 5.41) is 4.39. The molecule has 0 amide bonds. The molecule has 0 radical (unpaired) electrons. The first-order valence-corrected chi connectivity index (χ1v) is 11.2. The molecule has 5 aromatic rings. The van der Waals surface area contributed by atoms with Gasteiger partial charge >= 0.3 is 5.63 Å². The van der Waals surface area contributed by atoms with E-state index in [-0.39, 0.29) is 5.63 Å². The fourth-order valence-corrected chi connectivity index (χ4v) is 4.05. The second kappa shape index (κ2) is 9.94. The first kappa shape index (κ1) is 21.3. The molecule has 3 nitrogen and oxygen atoms in total. The van der Waals surface area contributed by atoms with Crippen LogP contribution >= 0.6 is 0 Å². The molecular formula is C31H23NO2. The quantitative estimate of drug-likeness (QED) is 0.247. The number of anilines is 1.